The van der Waals surface area contributed by atoms with Crippen LogP contribution in [0.25, 0.3) is 66.1 Å². The number of hydrogen-bond acceptors (Lipinski definition) is 1. The molecule has 1 aliphatic carbocycles. The first-order valence-corrected chi connectivity index (χ1v) is 14.2. The standard InChI is InChI=1S/C38H27N3/c1-38(2)29-19-9-6-16-26(29)32-33-27-17-7-10-20-30(27)40(24-13-4-3-5-14-24)36(33)34-28-18-8-11-21-31(28)41(37(34)35(32)38)25-15-12-22-39-23-25/h3-23H,1-2H3. The third kappa shape index (κ3) is 2.80. The van der Waals surface area contributed by atoms with Crippen molar-refractivity contribution in [1.82, 2.24) is 14.1 Å². The van der Waals surface area contributed by atoms with E-state index in [-0.39, 0.29) is 5.41 Å². The van der Waals surface area contributed by atoms with Gasteiger partial charge in [0.25, 0.3) is 0 Å². The summed E-state index contributed by atoms with van der Waals surface area (Å²) in [4.78, 5) is 4.56. The van der Waals surface area contributed by atoms with Crippen molar-refractivity contribution in [1.29, 1.82) is 0 Å². The summed E-state index contributed by atoms with van der Waals surface area (Å²) in [5, 5.41) is 5.17. The Morgan fingerprint density at radius 3 is 1.90 bits per heavy atom. The van der Waals surface area contributed by atoms with Crippen molar-refractivity contribution >= 4 is 43.6 Å². The van der Waals surface area contributed by atoms with E-state index in [2.05, 4.69) is 137 Å². The SMILES string of the molecule is CC1(C)c2ccccc2-c2c1c1c(c3ccccc3n1-c1cccnc1)c1c2c2ccccc2n1-c1ccccc1. The van der Waals surface area contributed by atoms with Gasteiger partial charge in [0.2, 0.25) is 0 Å². The van der Waals surface area contributed by atoms with Crippen LogP contribution in [-0.4, -0.2) is 14.1 Å². The van der Waals surface area contributed by atoms with Crippen LogP contribution in [0.3, 0.4) is 0 Å². The fourth-order valence-corrected chi connectivity index (χ4v) is 7.55. The van der Waals surface area contributed by atoms with Gasteiger partial charge in [0.05, 0.1) is 34.0 Å². The van der Waals surface area contributed by atoms with Gasteiger partial charge in [-0.3, -0.25) is 4.98 Å². The van der Waals surface area contributed by atoms with Crippen molar-refractivity contribution in [2.75, 3.05) is 0 Å². The molecule has 0 saturated heterocycles. The minimum atomic E-state index is -0.192. The van der Waals surface area contributed by atoms with E-state index in [9.17, 15) is 0 Å². The van der Waals surface area contributed by atoms with Gasteiger partial charge in [0, 0.05) is 38.8 Å². The summed E-state index contributed by atoms with van der Waals surface area (Å²) in [6.07, 6.45) is 3.84. The maximum Gasteiger partial charge on any atom is 0.0647 e. The van der Waals surface area contributed by atoms with E-state index in [1.165, 1.54) is 71.6 Å². The zero-order chi connectivity index (χ0) is 27.3. The Balaban J connectivity index is 1.68. The van der Waals surface area contributed by atoms with E-state index in [1.54, 1.807) is 0 Å². The van der Waals surface area contributed by atoms with E-state index >= 15 is 0 Å². The molecule has 41 heavy (non-hydrogen) atoms. The highest BCUT2D eigenvalue weighted by atomic mass is 15.0. The van der Waals surface area contributed by atoms with E-state index in [1.807, 2.05) is 18.5 Å². The first kappa shape index (κ1) is 22.6. The van der Waals surface area contributed by atoms with Gasteiger partial charge < -0.3 is 9.13 Å². The Morgan fingerprint density at radius 2 is 1.17 bits per heavy atom. The molecule has 0 spiro atoms. The summed E-state index contributed by atoms with van der Waals surface area (Å²) < 4.78 is 4.94. The molecule has 3 heteroatoms. The van der Waals surface area contributed by atoms with Gasteiger partial charge in [-0.15, -0.1) is 0 Å². The number of hydrogen-bond donors (Lipinski definition) is 0. The third-order valence-corrected chi connectivity index (χ3v) is 9.14. The summed E-state index contributed by atoms with van der Waals surface area (Å²) >= 11 is 0. The Morgan fingerprint density at radius 1 is 0.561 bits per heavy atom. The Hall–Kier alpha value is -5.15. The van der Waals surface area contributed by atoms with Gasteiger partial charge in [-0.05, 0) is 58.7 Å². The second kappa shape index (κ2) is 7.96. The zero-order valence-corrected chi connectivity index (χ0v) is 23.0. The van der Waals surface area contributed by atoms with Gasteiger partial charge >= 0.3 is 0 Å². The third-order valence-electron chi connectivity index (χ3n) is 9.14. The predicted octanol–water partition coefficient (Wildman–Crippen LogP) is 9.58. The number of aromatic nitrogens is 3. The second-order valence-corrected chi connectivity index (χ2v) is 11.6. The average Bonchev–Trinajstić information content (AvgIpc) is 3.62. The largest absolute Gasteiger partial charge is 0.309 e. The first-order chi connectivity index (χ1) is 20.2. The topological polar surface area (TPSA) is 22.8 Å². The Bertz CT molecular complexity index is 2320. The van der Waals surface area contributed by atoms with Crippen LogP contribution in [0.4, 0.5) is 0 Å². The molecule has 9 rings (SSSR count). The average molecular weight is 526 g/mol. The number of pyridine rings is 1. The predicted molar refractivity (Wildman–Crippen MR) is 170 cm³/mol. The molecular formula is C38H27N3. The molecule has 0 aliphatic heterocycles. The van der Waals surface area contributed by atoms with E-state index in [0.717, 1.165) is 5.69 Å². The molecule has 0 atom stereocenters. The fourth-order valence-electron chi connectivity index (χ4n) is 7.55. The van der Waals surface area contributed by atoms with Crippen LogP contribution in [0, 0.1) is 0 Å². The number of para-hydroxylation sites is 3. The zero-order valence-electron chi connectivity index (χ0n) is 23.0. The lowest BCUT2D eigenvalue weighted by atomic mass is 9.81. The van der Waals surface area contributed by atoms with Crippen molar-refractivity contribution in [3.63, 3.8) is 0 Å². The molecule has 0 bridgehead atoms. The number of rotatable bonds is 2. The first-order valence-electron chi connectivity index (χ1n) is 14.2. The molecular weight excluding hydrogens is 498 g/mol. The summed E-state index contributed by atoms with van der Waals surface area (Å²) in [5.41, 5.74) is 12.5. The van der Waals surface area contributed by atoms with Crippen LogP contribution in [0.15, 0.2) is 128 Å². The number of benzene rings is 5. The van der Waals surface area contributed by atoms with E-state index in [4.69, 9.17) is 0 Å². The highest BCUT2D eigenvalue weighted by molar-refractivity contribution is 6.32. The van der Waals surface area contributed by atoms with Crippen LogP contribution < -0.4 is 0 Å². The lowest BCUT2D eigenvalue weighted by molar-refractivity contribution is 0.664. The quantitative estimate of drug-likeness (QED) is 0.220. The van der Waals surface area contributed by atoms with Crippen molar-refractivity contribution in [3.8, 4) is 22.5 Å². The van der Waals surface area contributed by atoms with Crippen LogP contribution in [0.1, 0.15) is 25.0 Å². The highest BCUT2D eigenvalue weighted by Crippen LogP contribution is 2.58. The Kier molecular flexibility index (Phi) is 4.39. The van der Waals surface area contributed by atoms with Crippen molar-refractivity contribution < 1.29 is 0 Å². The summed E-state index contributed by atoms with van der Waals surface area (Å²) in [6, 6.07) is 41.8. The van der Waals surface area contributed by atoms with Crippen LogP contribution in [-0.2, 0) is 5.41 Å². The van der Waals surface area contributed by atoms with E-state index < -0.39 is 0 Å². The van der Waals surface area contributed by atoms with Crippen molar-refractivity contribution in [2.24, 2.45) is 0 Å². The van der Waals surface area contributed by atoms with Crippen molar-refractivity contribution in [3.05, 3.63) is 139 Å². The summed E-state index contributed by atoms with van der Waals surface area (Å²) in [5.74, 6) is 0. The van der Waals surface area contributed by atoms with Crippen LogP contribution in [0.2, 0.25) is 0 Å². The van der Waals surface area contributed by atoms with Gasteiger partial charge in [0.1, 0.15) is 0 Å². The minimum Gasteiger partial charge on any atom is -0.309 e. The molecule has 0 fully saturated rings. The van der Waals surface area contributed by atoms with Crippen LogP contribution in [0.5, 0.6) is 0 Å². The van der Waals surface area contributed by atoms with Gasteiger partial charge in [-0.1, -0.05) is 92.7 Å². The monoisotopic (exact) mass is 525 g/mol. The molecule has 0 N–H and O–H groups in total. The van der Waals surface area contributed by atoms with Gasteiger partial charge in [-0.2, -0.15) is 0 Å². The molecule has 1 aliphatic rings. The maximum absolute atomic E-state index is 4.56. The van der Waals surface area contributed by atoms with Gasteiger partial charge in [0.15, 0.2) is 0 Å². The summed E-state index contributed by atoms with van der Waals surface area (Å²) in [7, 11) is 0. The highest BCUT2D eigenvalue weighted by Gasteiger charge is 2.41. The molecule has 3 aromatic heterocycles. The smallest absolute Gasteiger partial charge is 0.0647 e. The minimum absolute atomic E-state index is 0.192. The molecule has 8 aromatic rings. The lowest BCUT2D eigenvalue weighted by Gasteiger charge is -2.24. The molecule has 0 unspecified atom stereocenters. The maximum atomic E-state index is 4.56. The van der Waals surface area contributed by atoms with Crippen molar-refractivity contribution in [2.45, 2.75) is 19.3 Å². The molecule has 0 radical (unpaired) electrons. The van der Waals surface area contributed by atoms with E-state index in [0.29, 0.717) is 0 Å². The van der Waals surface area contributed by atoms with Gasteiger partial charge in [-0.25, -0.2) is 0 Å². The molecule has 5 aromatic carbocycles. The lowest BCUT2D eigenvalue weighted by Crippen LogP contribution is -2.16. The normalized spacial score (nSPS) is 13.8. The summed E-state index contributed by atoms with van der Waals surface area (Å²) in [6.45, 7) is 4.79. The second-order valence-electron chi connectivity index (χ2n) is 11.6. The molecule has 3 nitrogen and oxygen atoms in total. The molecule has 0 amide bonds. The fraction of sp³-hybridized carbons (Fsp3) is 0.0789. The molecule has 3 heterocycles. The number of fused-ring (bicyclic) bond motifs is 12. The molecule has 194 valence electrons. The molecule has 0 saturated carbocycles. The number of nitrogens with zero attached hydrogens (tertiary/aromatic N) is 3. The van der Waals surface area contributed by atoms with Crippen LogP contribution >= 0.6 is 0 Å². The Labute approximate surface area is 237 Å².